The van der Waals surface area contributed by atoms with Gasteiger partial charge in [0.05, 0.1) is 13.2 Å². The molecule has 0 saturated carbocycles. The zero-order valence-electron chi connectivity index (χ0n) is 12.4. The van der Waals surface area contributed by atoms with Gasteiger partial charge in [-0.3, -0.25) is 0 Å². The van der Waals surface area contributed by atoms with Crippen LogP contribution in [0.3, 0.4) is 0 Å². The minimum absolute atomic E-state index is 0.0948. The van der Waals surface area contributed by atoms with Gasteiger partial charge in [0.15, 0.2) is 11.5 Å². The Labute approximate surface area is 121 Å². The molecule has 108 valence electrons. The van der Waals surface area contributed by atoms with Crippen molar-refractivity contribution < 1.29 is 9.47 Å². The van der Waals surface area contributed by atoms with E-state index in [2.05, 4.69) is 19.2 Å². The van der Waals surface area contributed by atoms with E-state index in [4.69, 9.17) is 21.1 Å². The maximum atomic E-state index is 6.12. The first-order valence-electron chi connectivity index (χ1n) is 6.74. The Balaban J connectivity index is 3.01. The minimum Gasteiger partial charge on any atom is -0.493 e. The van der Waals surface area contributed by atoms with Gasteiger partial charge in [0.25, 0.3) is 0 Å². The van der Waals surface area contributed by atoms with Crippen molar-refractivity contribution >= 4 is 11.6 Å². The Morgan fingerprint density at radius 1 is 1.26 bits per heavy atom. The third kappa shape index (κ3) is 4.92. The van der Waals surface area contributed by atoms with Crippen molar-refractivity contribution in [3.8, 4) is 11.5 Å². The summed E-state index contributed by atoms with van der Waals surface area (Å²) < 4.78 is 11.2. The van der Waals surface area contributed by atoms with Crippen molar-refractivity contribution in [3.05, 3.63) is 22.7 Å². The molecule has 3 nitrogen and oxygen atoms in total. The van der Waals surface area contributed by atoms with Gasteiger partial charge in [0.1, 0.15) is 0 Å². The van der Waals surface area contributed by atoms with Crippen LogP contribution in [0.5, 0.6) is 11.5 Å². The van der Waals surface area contributed by atoms with E-state index in [1.165, 1.54) is 0 Å². The highest BCUT2D eigenvalue weighted by atomic mass is 35.5. The molecule has 1 aromatic rings. The van der Waals surface area contributed by atoms with Crippen molar-refractivity contribution in [2.75, 3.05) is 7.11 Å². The van der Waals surface area contributed by atoms with Gasteiger partial charge in [-0.1, -0.05) is 18.5 Å². The predicted molar refractivity (Wildman–Crippen MR) is 80.4 cm³/mol. The summed E-state index contributed by atoms with van der Waals surface area (Å²) in [5.74, 6) is 1.46. The number of methoxy groups -OCH3 is 1. The van der Waals surface area contributed by atoms with Crippen LogP contribution in [0.2, 0.25) is 5.02 Å². The molecule has 1 unspecified atom stereocenters. The molecule has 1 N–H and O–H groups in total. The lowest BCUT2D eigenvalue weighted by molar-refractivity contribution is 0.227. The second-order valence-corrected chi connectivity index (χ2v) is 5.39. The number of hydrogen-bond acceptors (Lipinski definition) is 3. The third-order valence-corrected chi connectivity index (χ3v) is 3.14. The van der Waals surface area contributed by atoms with Gasteiger partial charge in [-0.2, -0.15) is 0 Å². The molecule has 0 aliphatic carbocycles. The fraction of sp³-hybridized carbons (Fsp3) is 0.600. The summed E-state index contributed by atoms with van der Waals surface area (Å²) in [5, 5.41) is 4.11. The molecule has 19 heavy (non-hydrogen) atoms. The fourth-order valence-electron chi connectivity index (χ4n) is 1.70. The number of ether oxygens (including phenoxy) is 2. The summed E-state index contributed by atoms with van der Waals surface area (Å²) in [7, 11) is 1.63. The zero-order chi connectivity index (χ0) is 14.4. The van der Waals surface area contributed by atoms with Gasteiger partial charge in [-0.15, -0.1) is 0 Å². The quantitative estimate of drug-likeness (QED) is 0.821. The van der Waals surface area contributed by atoms with E-state index < -0.39 is 0 Å². The summed E-state index contributed by atoms with van der Waals surface area (Å²) >= 11 is 6.12. The fourth-order valence-corrected chi connectivity index (χ4v) is 1.93. The van der Waals surface area contributed by atoms with Crippen molar-refractivity contribution in [3.63, 3.8) is 0 Å². The van der Waals surface area contributed by atoms with E-state index in [9.17, 15) is 0 Å². The first-order chi connectivity index (χ1) is 8.97. The summed E-state index contributed by atoms with van der Waals surface area (Å²) in [4.78, 5) is 0. The number of halogens is 1. The normalized spacial score (nSPS) is 12.6. The second-order valence-electron chi connectivity index (χ2n) is 4.95. The highest BCUT2D eigenvalue weighted by Crippen LogP contribution is 2.35. The van der Waals surface area contributed by atoms with Crippen LogP contribution in [0.4, 0.5) is 0 Å². The molecule has 1 rings (SSSR count). The van der Waals surface area contributed by atoms with Crippen molar-refractivity contribution in [2.45, 2.75) is 52.8 Å². The van der Waals surface area contributed by atoms with E-state index in [-0.39, 0.29) is 6.10 Å². The highest BCUT2D eigenvalue weighted by Gasteiger charge is 2.14. The van der Waals surface area contributed by atoms with E-state index in [0.717, 1.165) is 17.7 Å². The van der Waals surface area contributed by atoms with Crippen LogP contribution in [0.15, 0.2) is 12.1 Å². The largest absolute Gasteiger partial charge is 0.493 e. The molecule has 0 heterocycles. The van der Waals surface area contributed by atoms with E-state index in [0.29, 0.717) is 23.4 Å². The lowest BCUT2D eigenvalue weighted by Gasteiger charge is -2.19. The molecule has 0 bridgehead atoms. The van der Waals surface area contributed by atoms with Gasteiger partial charge in [-0.05, 0) is 33.3 Å². The molecule has 0 amide bonds. The number of benzene rings is 1. The maximum absolute atomic E-state index is 6.12. The number of hydrogen-bond donors (Lipinski definition) is 1. The summed E-state index contributed by atoms with van der Waals surface area (Å²) in [6, 6.07) is 4.17. The standard InChI is InChI=1S/C15H24ClNO2/c1-6-11(4)17-9-12-7-13(16)8-14(18-5)15(12)19-10(2)3/h7-8,10-11,17H,6,9H2,1-5H3. The lowest BCUT2D eigenvalue weighted by atomic mass is 10.1. The van der Waals surface area contributed by atoms with E-state index in [1.807, 2.05) is 19.9 Å². The molecule has 0 aromatic heterocycles. The third-order valence-electron chi connectivity index (χ3n) is 2.92. The van der Waals surface area contributed by atoms with Gasteiger partial charge in [0.2, 0.25) is 0 Å². The van der Waals surface area contributed by atoms with E-state index >= 15 is 0 Å². The van der Waals surface area contributed by atoms with Crippen LogP contribution in [-0.4, -0.2) is 19.3 Å². The van der Waals surface area contributed by atoms with Crippen molar-refractivity contribution in [2.24, 2.45) is 0 Å². The molecular formula is C15H24ClNO2. The van der Waals surface area contributed by atoms with Gasteiger partial charge >= 0.3 is 0 Å². The average Bonchev–Trinajstić information content (AvgIpc) is 2.37. The number of rotatable bonds is 7. The molecule has 0 aliphatic rings. The molecule has 1 atom stereocenters. The van der Waals surface area contributed by atoms with Crippen molar-refractivity contribution in [1.29, 1.82) is 0 Å². The van der Waals surface area contributed by atoms with Crippen LogP contribution >= 0.6 is 11.6 Å². The van der Waals surface area contributed by atoms with Crippen LogP contribution < -0.4 is 14.8 Å². The SMILES string of the molecule is CCC(C)NCc1cc(Cl)cc(OC)c1OC(C)C. The van der Waals surface area contributed by atoms with Gasteiger partial charge in [0, 0.05) is 29.2 Å². The smallest absolute Gasteiger partial charge is 0.166 e. The number of nitrogens with one attached hydrogen (secondary N) is 1. The molecule has 0 radical (unpaired) electrons. The van der Waals surface area contributed by atoms with Crippen LogP contribution in [-0.2, 0) is 6.54 Å². The molecule has 0 fully saturated rings. The second kappa shape index (κ2) is 7.61. The minimum atomic E-state index is 0.0948. The monoisotopic (exact) mass is 285 g/mol. The molecule has 0 aliphatic heterocycles. The Kier molecular flexibility index (Phi) is 6.46. The Bertz CT molecular complexity index is 407. The van der Waals surface area contributed by atoms with Gasteiger partial charge < -0.3 is 14.8 Å². The predicted octanol–water partition coefficient (Wildman–Crippen LogP) is 4.02. The summed E-state index contributed by atoms with van der Waals surface area (Å²) in [6.07, 6.45) is 1.18. The summed E-state index contributed by atoms with van der Waals surface area (Å²) in [6.45, 7) is 9.03. The Hall–Kier alpha value is -0.930. The van der Waals surface area contributed by atoms with Crippen LogP contribution in [0, 0.1) is 0 Å². The Morgan fingerprint density at radius 2 is 1.95 bits per heavy atom. The van der Waals surface area contributed by atoms with Crippen molar-refractivity contribution in [1.82, 2.24) is 5.32 Å². The molecule has 0 saturated heterocycles. The summed E-state index contributed by atoms with van der Waals surface area (Å²) in [5.41, 5.74) is 1.03. The average molecular weight is 286 g/mol. The van der Waals surface area contributed by atoms with Crippen LogP contribution in [0.1, 0.15) is 39.7 Å². The lowest BCUT2D eigenvalue weighted by Crippen LogP contribution is -2.25. The topological polar surface area (TPSA) is 30.5 Å². The maximum Gasteiger partial charge on any atom is 0.166 e. The molecule has 4 heteroatoms. The zero-order valence-corrected chi connectivity index (χ0v) is 13.2. The highest BCUT2D eigenvalue weighted by molar-refractivity contribution is 6.30. The molecule has 1 aromatic carbocycles. The Morgan fingerprint density at radius 3 is 2.47 bits per heavy atom. The van der Waals surface area contributed by atoms with Crippen LogP contribution in [0.25, 0.3) is 0 Å². The molecular weight excluding hydrogens is 262 g/mol. The molecule has 0 spiro atoms. The van der Waals surface area contributed by atoms with E-state index in [1.54, 1.807) is 13.2 Å². The first kappa shape index (κ1) is 16.1. The first-order valence-corrected chi connectivity index (χ1v) is 7.12. The van der Waals surface area contributed by atoms with Gasteiger partial charge in [-0.25, -0.2) is 0 Å².